The minimum absolute atomic E-state index is 0.0640. The van der Waals surface area contributed by atoms with E-state index >= 15 is 0 Å². The number of rotatable bonds is 10. The number of ether oxygens (including phenoxy) is 2. The van der Waals surface area contributed by atoms with E-state index in [1.165, 1.54) is 0 Å². The molecular formula is C22H29N3O5. The Morgan fingerprint density at radius 2 is 1.83 bits per heavy atom. The minimum Gasteiger partial charge on any atom is -0.456 e. The molecule has 0 fully saturated rings. The normalized spacial score (nSPS) is 12.8. The van der Waals surface area contributed by atoms with E-state index in [0.717, 1.165) is 17.0 Å². The number of ketones is 1. The molecule has 0 aliphatic carbocycles. The van der Waals surface area contributed by atoms with Crippen molar-refractivity contribution in [2.24, 2.45) is 5.73 Å². The van der Waals surface area contributed by atoms with Crippen LogP contribution in [0, 0.1) is 13.8 Å². The van der Waals surface area contributed by atoms with Crippen LogP contribution < -0.4 is 11.1 Å². The van der Waals surface area contributed by atoms with Crippen molar-refractivity contribution < 1.29 is 23.9 Å². The summed E-state index contributed by atoms with van der Waals surface area (Å²) in [7, 11) is 1.63. The van der Waals surface area contributed by atoms with Gasteiger partial charge in [-0.05, 0) is 32.4 Å². The first-order chi connectivity index (χ1) is 14.2. The Balaban J connectivity index is 2.07. The predicted molar refractivity (Wildman–Crippen MR) is 112 cm³/mol. The molecule has 1 heterocycles. The maximum atomic E-state index is 12.7. The average molecular weight is 415 g/mol. The van der Waals surface area contributed by atoms with Crippen molar-refractivity contribution in [1.82, 2.24) is 9.88 Å². The molecule has 2 atom stereocenters. The minimum atomic E-state index is -0.980. The number of aromatic nitrogens is 1. The lowest BCUT2D eigenvalue weighted by Crippen LogP contribution is -2.46. The summed E-state index contributed by atoms with van der Waals surface area (Å²) in [5.41, 5.74) is 8.21. The SMILES string of the molecule is COC[C@@H](C)n1c(C)cc(C(=O)COC(=O)[C@H](Cc2ccccc2)NC(N)=O)c1C. The highest BCUT2D eigenvalue weighted by molar-refractivity contribution is 5.99. The number of primary amides is 1. The molecule has 8 heteroatoms. The number of esters is 1. The van der Waals surface area contributed by atoms with E-state index in [9.17, 15) is 14.4 Å². The van der Waals surface area contributed by atoms with E-state index < -0.39 is 24.6 Å². The molecule has 1 aromatic carbocycles. The highest BCUT2D eigenvalue weighted by atomic mass is 16.5. The lowest BCUT2D eigenvalue weighted by molar-refractivity contribution is -0.144. The molecule has 0 bridgehead atoms. The second-order valence-corrected chi connectivity index (χ2v) is 7.24. The van der Waals surface area contributed by atoms with Gasteiger partial charge < -0.3 is 25.1 Å². The molecule has 162 valence electrons. The number of carbonyl (C=O) groups is 3. The number of urea groups is 1. The Bertz CT molecular complexity index is 892. The van der Waals surface area contributed by atoms with Crippen LogP contribution in [-0.4, -0.2) is 48.7 Å². The third-order valence-electron chi connectivity index (χ3n) is 4.86. The fourth-order valence-corrected chi connectivity index (χ4v) is 3.58. The summed E-state index contributed by atoms with van der Waals surface area (Å²) < 4.78 is 12.4. The maximum absolute atomic E-state index is 12.7. The van der Waals surface area contributed by atoms with Crippen LogP contribution >= 0.6 is 0 Å². The van der Waals surface area contributed by atoms with Gasteiger partial charge in [-0.2, -0.15) is 0 Å². The van der Waals surface area contributed by atoms with E-state index in [1.54, 1.807) is 13.2 Å². The zero-order valence-electron chi connectivity index (χ0n) is 17.8. The third-order valence-corrected chi connectivity index (χ3v) is 4.86. The molecule has 8 nitrogen and oxygen atoms in total. The van der Waals surface area contributed by atoms with E-state index in [0.29, 0.717) is 12.2 Å². The summed E-state index contributed by atoms with van der Waals surface area (Å²) in [4.78, 5) is 36.5. The number of nitrogens with two attached hydrogens (primary N) is 1. The molecule has 2 amide bonds. The molecule has 0 unspecified atom stereocenters. The summed E-state index contributed by atoms with van der Waals surface area (Å²) in [5, 5.41) is 2.38. The molecule has 3 N–H and O–H groups in total. The van der Waals surface area contributed by atoms with Crippen molar-refractivity contribution in [3.05, 3.63) is 58.9 Å². The zero-order chi connectivity index (χ0) is 22.3. The topological polar surface area (TPSA) is 113 Å². The highest BCUT2D eigenvalue weighted by Gasteiger charge is 2.24. The van der Waals surface area contributed by atoms with Crippen molar-refractivity contribution in [1.29, 1.82) is 0 Å². The number of amides is 2. The second kappa shape index (κ2) is 10.6. The summed E-state index contributed by atoms with van der Waals surface area (Å²) in [6.07, 6.45) is 0.208. The number of carbonyl (C=O) groups excluding carboxylic acids is 3. The molecule has 0 radical (unpaired) electrons. The molecule has 0 aliphatic rings. The maximum Gasteiger partial charge on any atom is 0.329 e. The molecule has 0 spiro atoms. The standard InChI is InChI=1S/C22H29N3O5/c1-14-10-18(16(3)25(14)15(2)12-29-4)20(26)13-30-21(27)19(24-22(23)28)11-17-8-6-5-7-9-17/h5-10,15,19H,11-13H2,1-4H3,(H3,23,24,28)/t15-,19+/m1/s1. The molecule has 2 aromatic rings. The van der Waals surface area contributed by atoms with Crippen molar-refractivity contribution in [3.8, 4) is 0 Å². The Hall–Kier alpha value is -3.13. The number of methoxy groups -OCH3 is 1. The summed E-state index contributed by atoms with van der Waals surface area (Å²) in [5.74, 6) is -1.03. The molecule has 2 rings (SSSR count). The quantitative estimate of drug-likeness (QED) is 0.457. The molecule has 0 aliphatic heterocycles. The van der Waals surface area contributed by atoms with Crippen LogP contribution in [0.5, 0.6) is 0 Å². The van der Waals surface area contributed by atoms with Crippen LogP contribution in [0.25, 0.3) is 0 Å². The monoisotopic (exact) mass is 415 g/mol. The van der Waals surface area contributed by atoms with E-state index in [-0.39, 0.29) is 18.2 Å². The first-order valence-electron chi connectivity index (χ1n) is 9.71. The number of nitrogens with zero attached hydrogens (tertiary/aromatic N) is 1. The Morgan fingerprint density at radius 3 is 2.43 bits per heavy atom. The number of hydrogen-bond acceptors (Lipinski definition) is 5. The van der Waals surface area contributed by atoms with Gasteiger partial charge in [-0.1, -0.05) is 30.3 Å². The molecular weight excluding hydrogens is 386 g/mol. The number of nitrogens with one attached hydrogen (secondary N) is 1. The van der Waals surface area contributed by atoms with Gasteiger partial charge in [0.05, 0.1) is 12.6 Å². The van der Waals surface area contributed by atoms with Crippen LogP contribution in [0.2, 0.25) is 0 Å². The van der Waals surface area contributed by atoms with E-state index in [1.807, 2.05) is 55.7 Å². The predicted octanol–water partition coefficient (Wildman–Crippen LogP) is 2.32. The van der Waals surface area contributed by atoms with Gasteiger partial charge in [-0.25, -0.2) is 9.59 Å². The van der Waals surface area contributed by atoms with Crippen LogP contribution in [0.4, 0.5) is 4.79 Å². The van der Waals surface area contributed by atoms with Crippen LogP contribution in [0.1, 0.15) is 40.3 Å². The summed E-state index contributed by atoms with van der Waals surface area (Å²) >= 11 is 0. The Kier molecular flexibility index (Phi) is 8.17. The Labute approximate surface area is 176 Å². The summed E-state index contributed by atoms with van der Waals surface area (Å²) in [6, 6.07) is 9.17. The number of hydrogen-bond donors (Lipinski definition) is 2. The second-order valence-electron chi connectivity index (χ2n) is 7.24. The fraction of sp³-hybridized carbons (Fsp3) is 0.409. The van der Waals surface area contributed by atoms with Crippen molar-refractivity contribution >= 4 is 17.8 Å². The van der Waals surface area contributed by atoms with E-state index in [4.69, 9.17) is 15.2 Å². The van der Waals surface area contributed by atoms with Gasteiger partial charge in [0.15, 0.2) is 6.61 Å². The zero-order valence-corrected chi connectivity index (χ0v) is 17.8. The van der Waals surface area contributed by atoms with E-state index in [2.05, 4.69) is 5.32 Å². The van der Waals surface area contributed by atoms with Crippen LogP contribution in [0.15, 0.2) is 36.4 Å². The highest BCUT2D eigenvalue weighted by Crippen LogP contribution is 2.21. The van der Waals surface area contributed by atoms with Gasteiger partial charge in [-0.3, -0.25) is 4.79 Å². The third kappa shape index (κ3) is 5.93. The van der Waals surface area contributed by atoms with Crippen LogP contribution in [-0.2, 0) is 20.7 Å². The largest absolute Gasteiger partial charge is 0.456 e. The van der Waals surface area contributed by atoms with Crippen molar-refractivity contribution in [3.63, 3.8) is 0 Å². The van der Waals surface area contributed by atoms with Gasteiger partial charge in [0.2, 0.25) is 5.78 Å². The Morgan fingerprint density at radius 1 is 1.17 bits per heavy atom. The van der Waals surface area contributed by atoms with Gasteiger partial charge >= 0.3 is 12.0 Å². The summed E-state index contributed by atoms with van der Waals surface area (Å²) in [6.45, 7) is 5.85. The van der Waals surface area contributed by atoms with Crippen molar-refractivity contribution in [2.75, 3.05) is 20.3 Å². The average Bonchev–Trinajstić information content (AvgIpc) is 3.00. The number of benzene rings is 1. The molecule has 0 saturated carbocycles. The molecule has 30 heavy (non-hydrogen) atoms. The molecule has 1 aromatic heterocycles. The lowest BCUT2D eigenvalue weighted by Gasteiger charge is -2.18. The van der Waals surface area contributed by atoms with Crippen LogP contribution in [0.3, 0.4) is 0 Å². The van der Waals surface area contributed by atoms with Gasteiger partial charge in [0.1, 0.15) is 6.04 Å². The fourth-order valence-electron chi connectivity index (χ4n) is 3.58. The smallest absolute Gasteiger partial charge is 0.329 e. The van der Waals surface area contributed by atoms with Crippen molar-refractivity contribution in [2.45, 2.75) is 39.3 Å². The number of Topliss-reactive ketones (excluding diaryl/α,β-unsaturated/α-hetero) is 1. The first-order valence-corrected chi connectivity index (χ1v) is 9.71. The molecule has 0 saturated heterocycles. The van der Waals surface area contributed by atoms with Gasteiger partial charge in [-0.15, -0.1) is 0 Å². The van der Waals surface area contributed by atoms with Gasteiger partial charge in [0, 0.05) is 30.5 Å². The lowest BCUT2D eigenvalue weighted by atomic mass is 10.1. The number of aryl methyl sites for hydroxylation is 1. The first kappa shape index (κ1) is 23.2. The van der Waals surface area contributed by atoms with Gasteiger partial charge in [0.25, 0.3) is 0 Å².